The fourth-order valence-electron chi connectivity index (χ4n) is 3.16. The molecule has 1 amide bonds. The minimum Gasteiger partial charge on any atom is -0.450 e. The Kier molecular flexibility index (Phi) is 4.85. The normalized spacial score (nSPS) is 13.3. The predicted molar refractivity (Wildman–Crippen MR) is 92.8 cm³/mol. The molecule has 0 saturated carbocycles. The summed E-state index contributed by atoms with van der Waals surface area (Å²) >= 11 is 0. The van der Waals surface area contributed by atoms with Gasteiger partial charge in [-0.25, -0.2) is 0 Å². The third kappa shape index (κ3) is 3.75. The molecular weight excluding hydrogens is 290 g/mol. The molecule has 0 aliphatic rings. The Morgan fingerprint density at radius 1 is 1.26 bits per heavy atom. The zero-order valence-corrected chi connectivity index (χ0v) is 14.9. The molecule has 2 rings (SSSR count). The lowest BCUT2D eigenvalue weighted by atomic mass is 9.87. The van der Waals surface area contributed by atoms with Crippen molar-refractivity contribution in [3.05, 3.63) is 34.6 Å². The number of hydrogen-bond acceptors (Lipinski definition) is 3. The van der Waals surface area contributed by atoms with Gasteiger partial charge in [-0.15, -0.1) is 0 Å². The van der Waals surface area contributed by atoms with Crippen molar-refractivity contribution in [3.63, 3.8) is 0 Å². The molecule has 2 aromatic rings. The Labute approximate surface area is 137 Å². The van der Waals surface area contributed by atoms with E-state index in [4.69, 9.17) is 4.42 Å². The Morgan fingerprint density at radius 3 is 2.43 bits per heavy atom. The van der Waals surface area contributed by atoms with E-state index in [2.05, 4.69) is 5.32 Å². The van der Waals surface area contributed by atoms with Gasteiger partial charge in [-0.05, 0) is 50.7 Å². The molecule has 4 heteroatoms. The number of rotatable bonds is 5. The van der Waals surface area contributed by atoms with Crippen molar-refractivity contribution in [2.24, 2.45) is 5.41 Å². The summed E-state index contributed by atoms with van der Waals surface area (Å²) in [7, 11) is 0. The van der Waals surface area contributed by atoms with Gasteiger partial charge in [0.25, 0.3) is 5.91 Å². The van der Waals surface area contributed by atoms with E-state index in [-0.39, 0.29) is 17.4 Å². The van der Waals surface area contributed by atoms with Crippen LogP contribution in [0.5, 0.6) is 0 Å². The number of furan rings is 1. The van der Waals surface area contributed by atoms with Gasteiger partial charge in [0.1, 0.15) is 5.58 Å². The highest BCUT2D eigenvalue weighted by Gasteiger charge is 2.24. The monoisotopic (exact) mass is 317 g/mol. The van der Waals surface area contributed by atoms with Crippen LogP contribution in [-0.4, -0.2) is 23.7 Å². The minimum absolute atomic E-state index is 0.171. The van der Waals surface area contributed by atoms with E-state index in [9.17, 15) is 9.90 Å². The van der Waals surface area contributed by atoms with Crippen molar-refractivity contribution in [2.45, 2.75) is 54.1 Å². The first-order valence-corrected chi connectivity index (χ1v) is 8.08. The van der Waals surface area contributed by atoms with Gasteiger partial charge < -0.3 is 14.8 Å². The summed E-state index contributed by atoms with van der Waals surface area (Å²) in [6, 6.07) is 4.06. The standard InChI is InChI=1S/C19H27NO3/c1-11-7-8-12(2)16-15(11)14(4)17(23-16)18(22)20-10-19(5,6)9-13(3)21/h7-8,13,21H,9-10H2,1-6H3,(H,20,22). The summed E-state index contributed by atoms with van der Waals surface area (Å²) in [4.78, 5) is 12.5. The van der Waals surface area contributed by atoms with E-state index >= 15 is 0 Å². The van der Waals surface area contributed by atoms with Gasteiger partial charge in [-0.1, -0.05) is 26.0 Å². The number of carbonyl (C=O) groups excluding carboxylic acids is 1. The van der Waals surface area contributed by atoms with E-state index in [1.54, 1.807) is 6.92 Å². The first-order chi connectivity index (χ1) is 10.6. The van der Waals surface area contributed by atoms with Crippen LogP contribution in [0.3, 0.4) is 0 Å². The average molecular weight is 317 g/mol. The summed E-state index contributed by atoms with van der Waals surface area (Å²) in [5.74, 6) is 0.182. The number of fused-ring (bicyclic) bond motifs is 1. The smallest absolute Gasteiger partial charge is 0.287 e. The molecule has 0 fully saturated rings. The van der Waals surface area contributed by atoms with E-state index < -0.39 is 0 Å². The highest BCUT2D eigenvalue weighted by atomic mass is 16.3. The van der Waals surface area contributed by atoms with Gasteiger partial charge in [0, 0.05) is 17.5 Å². The van der Waals surface area contributed by atoms with Crippen LogP contribution in [-0.2, 0) is 0 Å². The van der Waals surface area contributed by atoms with Crippen LogP contribution in [0.2, 0.25) is 0 Å². The summed E-state index contributed by atoms with van der Waals surface area (Å²) in [5, 5.41) is 13.5. The summed E-state index contributed by atoms with van der Waals surface area (Å²) < 4.78 is 5.86. The number of nitrogens with one attached hydrogen (secondary N) is 1. The number of amides is 1. The Morgan fingerprint density at radius 2 is 1.87 bits per heavy atom. The number of aryl methyl sites for hydroxylation is 3. The fourth-order valence-corrected chi connectivity index (χ4v) is 3.16. The molecule has 0 radical (unpaired) electrons. The lowest BCUT2D eigenvalue weighted by molar-refractivity contribution is 0.0877. The van der Waals surface area contributed by atoms with Crippen LogP contribution in [0.4, 0.5) is 0 Å². The maximum absolute atomic E-state index is 12.5. The second-order valence-corrected chi connectivity index (χ2v) is 7.36. The first-order valence-electron chi connectivity index (χ1n) is 8.08. The lowest BCUT2D eigenvalue weighted by Crippen LogP contribution is -2.35. The van der Waals surface area contributed by atoms with Crippen LogP contribution < -0.4 is 5.32 Å². The molecular formula is C19H27NO3. The summed E-state index contributed by atoms with van der Waals surface area (Å²) in [5.41, 5.74) is 3.64. The number of hydrogen-bond donors (Lipinski definition) is 2. The first kappa shape index (κ1) is 17.5. The maximum Gasteiger partial charge on any atom is 0.287 e. The van der Waals surface area contributed by atoms with Crippen LogP contribution in [0.25, 0.3) is 11.0 Å². The van der Waals surface area contributed by atoms with E-state index in [0.717, 1.165) is 27.7 Å². The number of aliphatic hydroxyl groups excluding tert-OH is 1. The van der Waals surface area contributed by atoms with Crippen LogP contribution in [0.1, 0.15) is 54.4 Å². The minimum atomic E-state index is -0.389. The largest absolute Gasteiger partial charge is 0.450 e. The van der Waals surface area contributed by atoms with Crippen molar-refractivity contribution >= 4 is 16.9 Å². The molecule has 1 atom stereocenters. The van der Waals surface area contributed by atoms with Gasteiger partial charge in [-0.3, -0.25) is 4.79 Å². The molecule has 1 unspecified atom stereocenters. The van der Waals surface area contributed by atoms with Crippen molar-refractivity contribution in [1.82, 2.24) is 5.32 Å². The van der Waals surface area contributed by atoms with Gasteiger partial charge in [0.15, 0.2) is 5.76 Å². The van der Waals surface area contributed by atoms with E-state index in [0.29, 0.717) is 18.7 Å². The second kappa shape index (κ2) is 6.36. The highest BCUT2D eigenvalue weighted by Crippen LogP contribution is 2.30. The highest BCUT2D eigenvalue weighted by molar-refractivity contribution is 6.00. The molecule has 0 spiro atoms. The molecule has 1 aromatic heterocycles. The number of carbonyl (C=O) groups is 1. The van der Waals surface area contributed by atoms with Crippen molar-refractivity contribution in [1.29, 1.82) is 0 Å². The van der Waals surface area contributed by atoms with E-state index in [1.165, 1.54) is 0 Å². The van der Waals surface area contributed by atoms with Crippen LogP contribution in [0, 0.1) is 26.2 Å². The van der Waals surface area contributed by atoms with Crippen LogP contribution in [0.15, 0.2) is 16.5 Å². The summed E-state index contributed by atoms with van der Waals surface area (Å²) in [6.45, 7) is 12.2. The van der Waals surface area contributed by atoms with Gasteiger partial charge in [0.2, 0.25) is 0 Å². The molecule has 0 bridgehead atoms. The SMILES string of the molecule is Cc1ccc(C)c2c(C)c(C(=O)NCC(C)(C)CC(C)O)oc12. The quantitative estimate of drug-likeness (QED) is 0.879. The Bertz CT molecular complexity index is 726. The Balaban J connectivity index is 2.24. The predicted octanol–water partition coefficient (Wildman–Crippen LogP) is 3.88. The topological polar surface area (TPSA) is 62.5 Å². The van der Waals surface area contributed by atoms with Gasteiger partial charge >= 0.3 is 0 Å². The molecule has 0 aliphatic carbocycles. The van der Waals surface area contributed by atoms with Crippen LogP contribution >= 0.6 is 0 Å². The molecule has 126 valence electrons. The maximum atomic E-state index is 12.5. The zero-order valence-electron chi connectivity index (χ0n) is 14.9. The molecule has 1 aromatic carbocycles. The molecule has 0 saturated heterocycles. The Hall–Kier alpha value is -1.81. The lowest BCUT2D eigenvalue weighted by Gasteiger charge is -2.26. The average Bonchev–Trinajstić information content (AvgIpc) is 2.78. The molecule has 2 N–H and O–H groups in total. The third-order valence-corrected chi connectivity index (χ3v) is 4.26. The van der Waals surface area contributed by atoms with E-state index in [1.807, 2.05) is 46.8 Å². The zero-order chi connectivity index (χ0) is 17.4. The molecule has 0 aliphatic heterocycles. The summed E-state index contributed by atoms with van der Waals surface area (Å²) in [6.07, 6.45) is 0.241. The number of benzene rings is 1. The number of aliphatic hydroxyl groups is 1. The van der Waals surface area contributed by atoms with Crippen molar-refractivity contribution in [3.8, 4) is 0 Å². The molecule has 1 heterocycles. The fraction of sp³-hybridized carbons (Fsp3) is 0.526. The van der Waals surface area contributed by atoms with Crippen molar-refractivity contribution < 1.29 is 14.3 Å². The molecule has 4 nitrogen and oxygen atoms in total. The third-order valence-electron chi connectivity index (χ3n) is 4.26. The van der Waals surface area contributed by atoms with Crippen molar-refractivity contribution in [2.75, 3.05) is 6.54 Å². The second-order valence-electron chi connectivity index (χ2n) is 7.36. The molecule has 23 heavy (non-hydrogen) atoms. The van der Waals surface area contributed by atoms with Gasteiger partial charge in [0.05, 0.1) is 6.10 Å². The van der Waals surface area contributed by atoms with Gasteiger partial charge in [-0.2, -0.15) is 0 Å².